The maximum atomic E-state index is 11.2. The van der Waals surface area contributed by atoms with Crippen LogP contribution < -0.4 is 0 Å². The van der Waals surface area contributed by atoms with Crippen LogP contribution in [0.1, 0.15) is 5.69 Å². The first-order chi connectivity index (χ1) is 6.48. The fourth-order valence-electron chi connectivity index (χ4n) is 1.47. The van der Waals surface area contributed by atoms with Crippen molar-refractivity contribution in [3.05, 3.63) is 30.0 Å². The van der Waals surface area contributed by atoms with Crippen LogP contribution in [0.3, 0.4) is 0 Å². The number of H-pyrrole nitrogens is 1. The Hall–Kier alpha value is -1.00. The van der Waals surface area contributed by atoms with E-state index >= 15 is 0 Å². The molecule has 0 atom stereocenters. The molecule has 1 N–H and O–H groups in total. The molecule has 1 aromatic heterocycles. The molecule has 2 rings (SSSR count). The molecule has 0 aliphatic carbocycles. The summed E-state index contributed by atoms with van der Waals surface area (Å²) in [5.41, 5.74) is 1.48. The number of hydrogen-bond acceptors (Lipinski definition) is 2. The summed E-state index contributed by atoms with van der Waals surface area (Å²) in [6.07, 6.45) is 0. The lowest BCUT2D eigenvalue weighted by Crippen LogP contribution is -1.91. The molecule has 1 heterocycles. The van der Waals surface area contributed by atoms with Crippen molar-refractivity contribution in [1.29, 1.82) is 0 Å². The molecule has 2 aromatic rings. The standard InChI is InChI=1S/C9H8ClNO2S/c1-6-5-7-3-2-4-8(9(7)11-6)14(10,12)13/h2-5,11H,1H3. The van der Waals surface area contributed by atoms with E-state index in [9.17, 15) is 8.42 Å². The Morgan fingerprint density at radius 2 is 2.07 bits per heavy atom. The Kier molecular flexibility index (Phi) is 2.05. The van der Waals surface area contributed by atoms with Crippen LogP contribution >= 0.6 is 10.7 Å². The molecule has 3 nitrogen and oxygen atoms in total. The number of aromatic nitrogens is 1. The first kappa shape index (κ1) is 9.55. The minimum Gasteiger partial charge on any atom is -0.358 e. The quantitative estimate of drug-likeness (QED) is 0.764. The predicted molar refractivity (Wildman–Crippen MR) is 56.1 cm³/mol. The Morgan fingerprint density at radius 3 is 2.71 bits per heavy atom. The van der Waals surface area contributed by atoms with Crippen LogP contribution in [0.4, 0.5) is 0 Å². The molecule has 0 saturated heterocycles. The summed E-state index contributed by atoms with van der Waals surface area (Å²) in [5.74, 6) is 0. The van der Waals surface area contributed by atoms with Crippen LogP contribution in [0.5, 0.6) is 0 Å². The SMILES string of the molecule is Cc1cc2cccc(S(=O)(=O)Cl)c2[nH]1. The summed E-state index contributed by atoms with van der Waals surface area (Å²) < 4.78 is 22.4. The van der Waals surface area contributed by atoms with Crippen LogP contribution in [0.25, 0.3) is 10.9 Å². The zero-order chi connectivity index (χ0) is 10.3. The van der Waals surface area contributed by atoms with Gasteiger partial charge < -0.3 is 4.98 Å². The highest BCUT2D eigenvalue weighted by Crippen LogP contribution is 2.25. The van der Waals surface area contributed by atoms with Crippen molar-refractivity contribution >= 4 is 30.6 Å². The molecule has 0 unspecified atom stereocenters. The Labute approximate surface area is 86.1 Å². The first-order valence-electron chi connectivity index (χ1n) is 4.01. The van der Waals surface area contributed by atoms with E-state index in [0.29, 0.717) is 5.52 Å². The molecule has 0 saturated carbocycles. The molecule has 0 spiro atoms. The molecule has 0 fully saturated rings. The van der Waals surface area contributed by atoms with Crippen molar-refractivity contribution in [3.8, 4) is 0 Å². The molecular weight excluding hydrogens is 222 g/mol. The number of nitrogens with one attached hydrogen (secondary N) is 1. The molecule has 5 heteroatoms. The number of benzene rings is 1. The number of aromatic amines is 1. The van der Waals surface area contributed by atoms with Gasteiger partial charge in [0.15, 0.2) is 0 Å². The van der Waals surface area contributed by atoms with Crippen molar-refractivity contribution in [2.45, 2.75) is 11.8 Å². The summed E-state index contributed by atoms with van der Waals surface area (Å²) in [5, 5.41) is 0.851. The van der Waals surface area contributed by atoms with Gasteiger partial charge in [0.25, 0.3) is 9.05 Å². The van der Waals surface area contributed by atoms with Crippen molar-refractivity contribution in [3.63, 3.8) is 0 Å². The summed E-state index contributed by atoms with van der Waals surface area (Å²) in [4.78, 5) is 3.10. The van der Waals surface area contributed by atoms with Crippen molar-refractivity contribution in [1.82, 2.24) is 4.98 Å². The van der Waals surface area contributed by atoms with Gasteiger partial charge in [-0.15, -0.1) is 0 Å². The van der Waals surface area contributed by atoms with Gasteiger partial charge in [-0.25, -0.2) is 8.42 Å². The van der Waals surface area contributed by atoms with E-state index in [1.807, 2.05) is 19.1 Å². The van der Waals surface area contributed by atoms with Crippen LogP contribution in [0, 0.1) is 6.92 Å². The van der Waals surface area contributed by atoms with Crippen molar-refractivity contribution in [2.75, 3.05) is 0 Å². The van der Waals surface area contributed by atoms with Gasteiger partial charge in [-0.1, -0.05) is 12.1 Å². The zero-order valence-corrected chi connectivity index (χ0v) is 8.98. The maximum Gasteiger partial charge on any atom is 0.263 e. The van der Waals surface area contributed by atoms with E-state index in [1.54, 1.807) is 6.07 Å². The largest absolute Gasteiger partial charge is 0.358 e. The molecule has 0 aliphatic heterocycles. The van der Waals surface area contributed by atoms with Crippen LogP contribution in [-0.4, -0.2) is 13.4 Å². The highest BCUT2D eigenvalue weighted by Gasteiger charge is 2.14. The highest BCUT2D eigenvalue weighted by atomic mass is 35.7. The van der Waals surface area contributed by atoms with Gasteiger partial charge in [-0.2, -0.15) is 0 Å². The lowest BCUT2D eigenvalue weighted by Gasteiger charge is -1.97. The molecule has 0 aliphatic rings. The van der Waals surface area contributed by atoms with Gasteiger partial charge in [0.1, 0.15) is 4.90 Å². The topological polar surface area (TPSA) is 49.9 Å². The van der Waals surface area contributed by atoms with Gasteiger partial charge >= 0.3 is 0 Å². The summed E-state index contributed by atoms with van der Waals surface area (Å²) in [6.45, 7) is 1.87. The number of para-hydroxylation sites is 1. The van der Waals surface area contributed by atoms with Gasteiger partial charge in [-0.3, -0.25) is 0 Å². The fraction of sp³-hybridized carbons (Fsp3) is 0.111. The lowest BCUT2D eigenvalue weighted by molar-refractivity contribution is 0.610. The van der Waals surface area contributed by atoms with Crippen molar-refractivity contribution in [2.24, 2.45) is 0 Å². The van der Waals surface area contributed by atoms with E-state index in [2.05, 4.69) is 4.98 Å². The van der Waals surface area contributed by atoms with Crippen LogP contribution in [-0.2, 0) is 9.05 Å². The second-order valence-electron chi connectivity index (χ2n) is 3.11. The summed E-state index contributed by atoms with van der Waals surface area (Å²) in [6, 6.07) is 6.87. The van der Waals surface area contributed by atoms with E-state index < -0.39 is 9.05 Å². The second kappa shape index (κ2) is 3.00. The minimum absolute atomic E-state index is 0.129. The number of fused-ring (bicyclic) bond motifs is 1. The Balaban J connectivity index is 2.90. The molecule has 0 amide bonds. The molecule has 0 radical (unpaired) electrons. The van der Waals surface area contributed by atoms with E-state index in [0.717, 1.165) is 11.1 Å². The number of aryl methyl sites for hydroxylation is 1. The normalized spacial score (nSPS) is 12.1. The van der Waals surface area contributed by atoms with Gasteiger partial charge in [0.2, 0.25) is 0 Å². The average Bonchev–Trinajstić information content (AvgIpc) is 2.41. The predicted octanol–water partition coefficient (Wildman–Crippen LogP) is 2.40. The number of rotatable bonds is 1. The first-order valence-corrected chi connectivity index (χ1v) is 6.32. The van der Waals surface area contributed by atoms with Crippen LogP contribution in [0.2, 0.25) is 0 Å². The summed E-state index contributed by atoms with van der Waals surface area (Å²) >= 11 is 0. The molecule has 1 aromatic carbocycles. The fourth-order valence-corrected chi connectivity index (χ4v) is 2.51. The van der Waals surface area contributed by atoms with Gasteiger partial charge in [-0.05, 0) is 19.1 Å². The van der Waals surface area contributed by atoms with Gasteiger partial charge in [0, 0.05) is 21.8 Å². The van der Waals surface area contributed by atoms with E-state index in [4.69, 9.17) is 10.7 Å². The average molecular weight is 230 g/mol. The summed E-state index contributed by atoms with van der Waals surface area (Å²) in [7, 11) is 1.62. The highest BCUT2D eigenvalue weighted by molar-refractivity contribution is 8.14. The maximum absolute atomic E-state index is 11.2. The smallest absolute Gasteiger partial charge is 0.263 e. The Morgan fingerprint density at radius 1 is 1.36 bits per heavy atom. The Bertz CT molecular complexity index is 586. The molecule has 0 bridgehead atoms. The van der Waals surface area contributed by atoms with E-state index in [1.165, 1.54) is 6.07 Å². The molecule has 74 valence electrons. The molecule has 14 heavy (non-hydrogen) atoms. The molecular formula is C9H8ClNO2S. The lowest BCUT2D eigenvalue weighted by atomic mass is 10.2. The van der Waals surface area contributed by atoms with E-state index in [-0.39, 0.29) is 4.90 Å². The third kappa shape index (κ3) is 1.51. The second-order valence-corrected chi connectivity index (χ2v) is 5.64. The van der Waals surface area contributed by atoms with Crippen LogP contribution in [0.15, 0.2) is 29.2 Å². The van der Waals surface area contributed by atoms with Crippen molar-refractivity contribution < 1.29 is 8.42 Å². The third-order valence-corrected chi connectivity index (χ3v) is 3.38. The zero-order valence-electron chi connectivity index (χ0n) is 7.41. The minimum atomic E-state index is -3.68. The van der Waals surface area contributed by atoms with Gasteiger partial charge in [0.05, 0.1) is 5.52 Å². The third-order valence-electron chi connectivity index (χ3n) is 2.02. The number of halogens is 1. The monoisotopic (exact) mass is 229 g/mol. The number of hydrogen-bond donors (Lipinski definition) is 1.